The third kappa shape index (κ3) is 2.33. The molecule has 3 aliphatic rings. The zero-order valence-electron chi connectivity index (χ0n) is 10.0. The van der Waals surface area contributed by atoms with E-state index >= 15 is 0 Å². The maximum atomic E-state index is 4.48. The lowest BCUT2D eigenvalue weighted by Crippen LogP contribution is -2.42. The van der Waals surface area contributed by atoms with Crippen LogP contribution >= 0.6 is 0 Å². The minimum atomic E-state index is 0.729. The Labute approximate surface area is 98.1 Å². The molecule has 0 aromatic carbocycles. The van der Waals surface area contributed by atoms with Gasteiger partial charge < -0.3 is 10.6 Å². The lowest BCUT2D eigenvalue weighted by atomic mass is 9.85. The van der Waals surface area contributed by atoms with Crippen LogP contribution in [0.2, 0.25) is 0 Å². The van der Waals surface area contributed by atoms with Crippen molar-refractivity contribution < 1.29 is 0 Å². The maximum absolute atomic E-state index is 4.48. The van der Waals surface area contributed by atoms with E-state index in [4.69, 9.17) is 0 Å². The number of hydrogen-bond acceptors (Lipinski definition) is 3. The number of nitrogens with zero attached hydrogens (tertiary/aromatic N) is 1. The van der Waals surface area contributed by atoms with Gasteiger partial charge in [0.25, 0.3) is 0 Å². The molecule has 3 rings (SSSR count). The summed E-state index contributed by atoms with van der Waals surface area (Å²) in [7, 11) is 0. The first-order valence-electron chi connectivity index (χ1n) is 6.98. The number of hydrogen-bond donors (Lipinski definition) is 2. The molecule has 3 heteroatoms. The quantitative estimate of drug-likeness (QED) is 0.747. The number of aliphatic imine (C=N–C) groups is 1. The molecule has 1 aliphatic heterocycles. The zero-order chi connectivity index (χ0) is 10.8. The van der Waals surface area contributed by atoms with Crippen LogP contribution < -0.4 is 10.6 Å². The van der Waals surface area contributed by atoms with Crippen LogP contribution in [0, 0.1) is 11.8 Å². The van der Waals surface area contributed by atoms with Gasteiger partial charge in [-0.25, -0.2) is 0 Å². The maximum Gasteiger partial charge on any atom is 0.191 e. The molecular weight excluding hydrogens is 198 g/mol. The van der Waals surface area contributed by atoms with Gasteiger partial charge in [-0.2, -0.15) is 0 Å². The van der Waals surface area contributed by atoms with Crippen LogP contribution in [0.5, 0.6) is 0 Å². The Balaban J connectivity index is 1.46. The van der Waals surface area contributed by atoms with Crippen molar-refractivity contribution >= 4 is 5.96 Å². The van der Waals surface area contributed by atoms with E-state index in [1.54, 1.807) is 0 Å². The van der Waals surface area contributed by atoms with Crippen molar-refractivity contribution in [2.24, 2.45) is 16.8 Å². The molecule has 2 fully saturated rings. The van der Waals surface area contributed by atoms with Crippen LogP contribution in [-0.2, 0) is 0 Å². The summed E-state index contributed by atoms with van der Waals surface area (Å²) in [5, 5.41) is 6.93. The van der Waals surface area contributed by atoms with Crippen molar-refractivity contribution in [1.29, 1.82) is 0 Å². The number of guanidine groups is 1. The second-order valence-electron chi connectivity index (χ2n) is 5.56. The highest BCUT2D eigenvalue weighted by Gasteiger charge is 2.43. The molecule has 0 aromatic rings. The normalized spacial score (nSPS) is 35.1. The summed E-state index contributed by atoms with van der Waals surface area (Å²) in [6.45, 7) is 2.09. The summed E-state index contributed by atoms with van der Waals surface area (Å²) < 4.78 is 0. The molecule has 0 saturated heterocycles. The highest BCUT2D eigenvalue weighted by Crippen LogP contribution is 2.44. The van der Waals surface area contributed by atoms with Crippen LogP contribution in [0.1, 0.15) is 44.9 Å². The van der Waals surface area contributed by atoms with E-state index < -0.39 is 0 Å². The molecule has 16 heavy (non-hydrogen) atoms. The van der Waals surface area contributed by atoms with Gasteiger partial charge in [0.1, 0.15) is 0 Å². The third-order valence-electron chi connectivity index (χ3n) is 4.31. The molecule has 2 N–H and O–H groups in total. The molecule has 0 radical (unpaired) electrons. The van der Waals surface area contributed by atoms with E-state index in [1.807, 2.05) is 0 Å². The molecule has 0 spiro atoms. The summed E-state index contributed by atoms with van der Waals surface area (Å²) in [4.78, 5) is 4.48. The lowest BCUT2D eigenvalue weighted by Gasteiger charge is -2.22. The molecular formula is C13H23N3. The molecule has 2 atom stereocenters. The molecule has 2 saturated carbocycles. The fraction of sp³-hybridized carbons (Fsp3) is 0.923. The molecule has 0 bridgehead atoms. The Bertz CT molecular complexity index is 268. The highest BCUT2D eigenvalue weighted by atomic mass is 15.2. The standard InChI is InChI=1S/C13H23N3/c1-2-5-10(6-3-1)11-9-12(11)16-13-14-7-4-8-15-13/h10-12H,1-9H2,(H2,14,15,16)/t11-,12+/m0/s1. The molecule has 2 aliphatic carbocycles. The molecule has 0 amide bonds. The molecule has 1 heterocycles. The van der Waals surface area contributed by atoms with Crippen molar-refractivity contribution in [3.63, 3.8) is 0 Å². The van der Waals surface area contributed by atoms with Crippen molar-refractivity contribution in [2.75, 3.05) is 13.1 Å². The van der Waals surface area contributed by atoms with Gasteiger partial charge in [-0.05, 0) is 24.7 Å². The first-order chi connectivity index (χ1) is 7.93. The first kappa shape index (κ1) is 10.4. The smallest absolute Gasteiger partial charge is 0.191 e. The third-order valence-corrected chi connectivity index (χ3v) is 4.31. The van der Waals surface area contributed by atoms with Gasteiger partial charge in [0, 0.05) is 19.1 Å². The summed E-state index contributed by atoms with van der Waals surface area (Å²) in [6.07, 6.45) is 9.91. The average Bonchev–Trinajstić information content (AvgIpc) is 3.11. The van der Waals surface area contributed by atoms with Gasteiger partial charge in [0.2, 0.25) is 0 Å². The van der Waals surface area contributed by atoms with Crippen LogP contribution in [-0.4, -0.2) is 25.1 Å². The van der Waals surface area contributed by atoms with Crippen LogP contribution in [0.15, 0.2) is 4.99 Å². The van der Waals surface area contributed by atoms with Crippen molar-refractivity contribution in [1.82, 2.24) is 10.6 Å². The Morgan fingerprint density at radius 2 is 2.00 bits per heavy atom. The second-order valence-corrected chi connectivity index (χ2v) is 5.56. The van der Waals surface area contributed by atoms with E-state index in [0.717, 1.165) is 36.9 Å². The molecule has 0 unspecified atom stereocenters. The summed E-state index contributed by atoms with van der Waals surface area (Å²) in [6, 6.07) is 0.729. The minimum absolute atomic E-state index is 0.729. The van der Waals surface area contributed by atoms with E-state index in [9.17, 15) is 0 Å². The summed E-state index contributed by atoms with van der Waals surface area (Å²) in [5.41, 5.74) is 0. The summed E-state index contributed by atoms with van der Waals surface area (Å²) >= 11 is 0. The Kier molecular flexibility index (Phi) is 3.02. The highest BCUT2D eigenvalue weighted by molar-refractivity contribution is 5.80. The predicted molar refractivity (Wildman–Crippen MR) is 66.5 cm³/mol. The van der Waals surface area contributed by atoms with Crippen molar-refractivity contribution in [3.05, 3.63) is 0 Å². The van der Waals surface area contributed by atoms with Gasteiger partial charge >= 0.3 is 0 Å². The Morgan fingerprint density at radius 3 is 2.75 bits per heavy atom. The van der Waals surface area contributed by atoms with Gasteiger partial charge in [-0.3, -0.25) is 4.99 Å². The van der Waals surface area contributed by atoms with Crippen molar-refractivity contribution in [3.8, 4) is 0 Å². The number of rotatable bonds is 2. The van der Waals surface area contributed by atoms with E-state index in [2.05, 4.69) is 15.6 Å². The molecule has 3 nitrogen and oxygen atoms in total. The lowest BCUT2D eigenvalue weighted by molar-refractivity contribution is 0.315. The Morgan fingerprint density at radius 1 is 1.12 bits per heavy atom. The van der Waals surface area contributed by atoms with Crippen LogP contribution in [0.25, 0.3) is 0 Å². The van der Waals surface area contributed by atoms with Crippen LogP contribution in [0.3, 0.4) is 0 Å². The summed E-state index contributed by atoms with van der Waals surface area (Å²) in [5.74, 6) is 3.02. The predicted octanol–water partition coefficient (Wildman–Crippen LogP) is 1.89. The van der Waals surface area contributed by atoms with Gasteiger partial charge in [0.15, 0.2) is 5.96 Å². The molecule has 90 valence electrons. The second kappa shape index (κ2) is 4.64. The average molecular weight is 221 g/mol. The van der Waals surface area contributed by atoms with E-state index in [0.29, 0.717) is 0 Å². The zero-order valence-corrected chi connectivity index (χ0v) is 10.0. The first-order valence-corrected chi connectivity index (χ1v) is 6.98. The minimum Gasteiger partial charge on any atom is -0.356 e. The largest absolute Gasteiger partial charge is 0.356 e. The fourth-order valence-electron chi connectivity index (χ4n) is 3.27. The number of nitrogens with one attached hydrogen (secondary N) is 2. The van der Waals surface area contributed by atoms with E-state index in [-0.39, 0.29) is 0 Å². The van der Waals surface area contributed by atoms with Crippen molar-refractivity contribution in [2.45, 2.75) is 51.0 Å². The van der Waals surface area contributed by atoms with Gasteiger partial charge in [-0.15, -0.1) is 0 Å². The SMILES string of the molecule is C1CCC([C@@H]2C[C@H]2NC2=NCCCN2)CC1. The van der Waals surface area contributed by atoms with E-state index in [1.165, 1.54) is 44.9 Å². The van der Waals surface area contributed by atoms with Gasteiger partial charge in [0.05, 0.1) is 0 Å². The van der Waals surface area contributed by atoms with Crippen LogP contribution in [0.4, 0.5) is 0 Å². The topological polar surface area (TPSA) is 36.4 Å². The Hall–Kier alpha value is -0.730. The fourth-order valence-corrected chi connectivity index (χ4v) is 3.27. The molecule has 0 aromatic heterocycles. The van der Waals surface area contributed by atoms with Gasteiger partial charge in [-0.1, -0.05) is 32.1 Å². The monoisotopic (exact) mass is 221 g/mol.